The zero-order valence-electron chi connectivity index (χ0n) is 11.2. The molecule has 96 valence electrons. The first kappa shape index (κ1) is 11.8. The van der Waals surface area contributed by atoms with Gasteiger partial charge in [-0.1, -0.05) is 0 Å². The van der Waals surface area contributed by atoms with E-state index in [-0.39, 0.29) is 5.54 Å². The zero-order chi connectivity index (χ0) is 13.5. The number of benzene rings is 1. The lowest BCUT2D eigenvalue weighted by Crippen LogP contribution is -2.21. The number of hydrogen-bond acceptors (Lipinski definition) is 4. The average molecular weight is 253 g/mol. The van der Waals surface area contributed by atoms with Crippen LogP contribution in [-0.4, -0.2) is 24.7 Å². The van der Waals surface area contributed by atoms with Crippen LogP contribution in [0.5, 0.6) is 0 Å². The molecule has 0 saturated heterocycles. The summed E-state index contributed by atoms with van der Waals surface area (Å²) in [5.74, 6) is 0.847. The smallest absolute Gasteiger partial charge is 0.164 e. The van der Waals surface area contributed by atoms with E-state index in [1.54, 1.807) is 18.7 Å². The van der Waals surface area contributed by atoms with Crippen LogP contribution in [0.4, 0.5) is 0 Å². The quantitative estimate of drug-likeness (QED) is 0.669. The summed E-state index contributed by atoms with van der Waals surface area (Å²) in [7, 11) is 0. The summed E-state index contributed by atoms with van der Waals surface area (Å²) in [5.41, 5.74) is 2.69. The summed E-state index contributed by atoms with van der Waals surface area (Å²) in [4.78, 5) is 8.59. The highest BCUT2D eigenvalue weighted by atomic mass is 15.3. The monoisotopic (exact) mass is 253 g/mol. The molecule has 0 aliphatic heterocycles. The lowest BCUT2D eigenvalue weighted by Gasteiger charge is -2.22. The zero-order valence-corrected chi connectivity index (χ0v) is 11.2. The Hall–Kier alpha value is -2.30. The fraction of sp³-hybridized carbons (Fsp3) is 0.286. The van der Waals surface area contributed by atoms with E-state index in [1.165, 1.54) is 0 Å². The highest BCUT2D eigenvalue weighted by Gasteiger charge is 2.18. The van der Waals surface area contributed by atoms with Gasteiger partial charge < -0.3 is 4.57 Å². The third kappa shape index (κ3) is 2.07. The highest BCUT2D eigenvalue weighted by Crippen LogP contribution is 2.25. The fourth-order valence-corrected chi connectivity index (χ4v) is 2.03. The Morgan fingerprint density at radius 1 is 1.00 bits per heavy atom. The molecular formula is C14H15N5. The molecule has 3 aromatic rings. The van der Waals surface area contributed by atoms with Crippen LogP contribution in [0.3, 0.4) is 0 Å². The molecule has 0 unspecified atom stereocenters. The molecule has 2 aromatic heterocycles. The van der Waals surface area contributed by atoms with Crippen molar-refractivity contribution in [3.05, 3.63) is 36.9 Å². The van der Waals surface area contributed by atoms with Gasteiger partial charge in [0.25, 0.3) is 0 Å². The van der Waals surface area contributed by atoms with Gasteiger partial charge in [0.15, 0.2) is 5.82 Å². The van der Waals surface area contributed by atoms with Crippen molar-refractivity contribution < 1.29 is 0 Å². The van der Waals surface area contributed by atoms with Gasteiger partial charge in [-0.25, -0.2) is 0 Å². The fourth-order valence-electron chi connectivity index (χ4n) is 2.03. The number of hydrogen-bond donors (Lipinski definition) is 0. The largest absolute Gasteiger partial charge is 0.308 e. The molecular weight excluding hydrogens is 238 g/mol. The van der Waals surface area contributed by atoms with Gasteiger partial charge in [-0.15, -0.1) is 10.2 Å². The van der Waals surface area contributed by atoms with Gasteiger partial charge in [0.2, 0.25) is 0 Å². The molecule has 0 aliphatic rings. The molecule has 0 N–H and O–H groups in total. The predicted molar refractivity (Wildman–Crippen MR) is 73.6 cm³/mol. The van der Waals surface area contributed by atoms with Gasteiger partial charge in [0, 0.05) is 23.5 Å². The van der Waals surface area contributed by atoms with E-state index in [0.717, 1.165) is 22.4 Å². The minimum absolute atomic E-state index is 0.0594. The third-order valence-corrected chi connectivity index (χ3v) is 3.00. The van der Waals surface area contributed by atoms with Crippen molar-refractivity contribution in [2.45, 2.75) is 26.3 Å². The molecule has 2 heterocycles. The van der Waals surface area contributed by atoms with E-state index in [9.17, 15) is 0 Å². The first-order valence-electron chi connectivity index (χ1n) is 6.17. The van der Waals surface area contributed by atoms with Crippen LogP contribution in [0, 0.1) is 0 Å². The van der Waals surface area contributed by atoms with Crippen molar-refractivity contribution in [2.24, 2.45) is 0 Å². The molecule has 19 heavy (non-hydrogen) atoms. The molecule has 0 amide bonds. The van der Waals surface area contributed by atoms with Gasteiger partial charge in [0.05, 0.1) is 11.0 Å². The van der Waals surface area contributed by atoms with Crippen molar-refractivity contribution in [1.29, 1.82) is 0 Å². The molecule has 0 fully saturated rings. The van der Waals surface area contributed by atoms with Crippen LogP contribution < -0.4 is 0 Å². The molecule has 1 aromatic carbocycles. The van der Waals surface area contributed by atoms with E-state index in [4.69, 9.17) is 0 Å². The molecule has 5 nitrogen and oxygen atoms in total. The second-order valence-corrected chi connectivity index (χ2v) is 5.46. The Labute approximate surface area is 111 Å². The highest BCUT2D eigenvalue weighted by molar-refractivity contribution is 5.79. The molecule has 0 saturated carbocycles. The Morgan fingerprint density at radius 3 is 2.47 bits per heavy atom. The number of rotatable bonds is 1. The molecule has 5 heteroatoms. The predicted octanol–water partition coefficient (Wildman–Crippen LogP) is 2.64. The number of aromatic nitrogens is 5. The minimum atomic E-state index is -0.0594. The van der Waals surface area contributed by atoms with Crippen LogP contribution >= 0.6 is 0 Å². The Kier molecular flexibility index (Phi) is 2.55. The maximum absolute atomic E-state index is 4.32. The van der Waals surface area contributed by atoms with Crippen LogP contribution in [0.2, 0.25) is 0 Å². The second kappa shape index (κ2) is 4.12. The summed E-state index contributed by atoms with van der Waals surface area (Å²) in [6, 6.07) is 5.96. The van der Waals surface area contributed by atoms with Crippen molar-refractivity contribution in [2.75, 3.05) is 0 Å². The van der Waals surface area contributed by atoms with Crippen LogP contribution in [0.15, 0.2) is 36.9 Å². The minimum Gasteiger partial charge on any atom is -0.308 e. The van der Waals surface area contributed by atoms with Crippen molar-refractivity contribution >= 4 is 11.0 Å². The lowest BCUT2D eigenvalue weighted by molar-refractivity contribution is 0.400. The third-order valence-electron chi connectivity index (χ3n) is 3.00. The maximum atomic E-state index is 4.32. The average Bonchev–Trinajstić information content (AvgIpc) is 2.87. The lowest BCUT2D eigenvalue weighted by atomic mass is 10.1. The Balaban J connectivity index is 2.17. The van der Waals surface area contributed by atoms with E-state index in [0.29, 0.717) is 0 Å². The molecule has 0 bridgehead atoms. The van der Waals surface area contributed by atoms with Crippen LogP contribution in [0.25, 0.3) is 22.4 Å². The van der Waals surface area contributed by atoms with E-state index in [1.807, 2.05) is 18.2 Å². The van der Waals surface area contributed by atoms with Gasteiger partial charge >= 0.3 is 0 Å². The number of nitrogens with zero attached hydrogens (tertiary/aromatic N) is 5. The molecule has 0 aliphatic carbocycles. The summed E-state index contributed by atoms with van der Waals surface area (Å²) < 4.78 is 2.06. The first-order valence-corrected chi connectivity index (χ1v) is 6.17. The van der Waals surface area contributed by atoms with Crippen molar-refractivity contribution in [1.82, 2.24) is 24.7 Å². The van der Waals surface area contributed by atoms with E-state index in [2.05, 4.69) is 45.5 Å². The molecule has 0 radical (unpaired) electrons. The topological polar surface area (TPSA) is 56.5 Å². The van der Waals surface area contributed by atoms with Gasteiger partial charge in [-0.3, -0.25) is 9.97 Å². The summed E-state index contributed by atoms with van der Waals surface area (Å²) in [6.45, 7) is 6.38. The Morgan fingerprint density at radius 2 is 1.74 bits per heavy atom. The first-order chi connectivity index (χ1) is 9.05. The molecule has 3 rings (SSSR count). The molecule has 0 atom stereocenters. The summed E-state index contributed by atoms with van der Waals surface area (Å²) >= 11 is 0. The summed E-state index contributed by atoms with van der Waals surface area (Å²) in [6.07, 6.45) is 5.15. The second-order valence-electron chi connectivity index (χ2n) is 5.46. The van der Waals surface area contributed by atoms with Gasteiger partial charge in [0.1, 0.15) is 6.33 Å². The van der Waals surface area contributed by atoms with Crippen molar-refractivity contribution in [3.63, 3.8) is 0 Å². The van der Waals surface area contributed by atoms with Crippen molar-refractivity contribution in [3.8, 4) is 11.4 Å². The van der Waals surface area contributed by atoms with E-state index < -0.39 is 0 Å². The molecule has 0 spiro atoms. The normalized spacial score (nSPS) is 11.9. The van der Waals surface area contributed by atoms with E-state index >= 15 is 0 Å². The van der Waals surface area contributed by atoms with Gasteiger partial charge in [-0.05, 0) is 39.0 Å². The Bertz CT molecular complexity index is 724. The standard InChI is InChI=1S/C14H15N5/c1-14(2,3)19-9-17-18-13(19)10-4-5-11-12(8-10)16-7-6-15-11/h4-9H,1-3H3. The van der Waals surface area contributed by atoms with Crippen LogP contribution in [-0.2, 0) is 5.54 Å². The number of fused-ring (bicyclic) bond motifs is 1. The summed E-state index contributed by atoms with van der Waals surface area (Å²) in [5, 5.41) is 8.25. The van der Waals surface area contributed by atoms with Crippen LogP contribution in [0.1, 0.15) is 20.8 Å². The van der Waals surface area contributed by atoms with Gasteiger partial charge in [-0.2, -0.15) is 0 Å². The SMILES string of the molecule is CC(C)(C)n1cnnc1-c1ccc2nccnc2c1. The maximum Gasteiger partial charge on any atom is 0.164 e.